The van der Waals surface area contributed by atoms with E-state index in [2.05, 4.69) is 9.97 Å². The molecule has 164 valence electrons. The molecular formula is C23H27ClN4O3. The average Bonchev–Trinajstić information content (AvgIpc) is 2.74. The Morgan fingerprint density at radius 3 is 2.55 bits per heavy atom. The van der Waals surface area contributed by atoms with Crippen LogP contribution < -0.4 is 11.2 Å². The highest BCUT2D eigenvalue weighted by atomic mass is 35.5. The van der Waals surface area contributed by atoms with Gasteiger partial charge in [0.1, 0.15) is 0 Å². The first kappa shape index (κ1) is 22.7. The summed E-state index contributed by atoms with van der Waals surface area (Å²) in [6.07, 6.45) is 0.684. The van der Waals surface area contributed by atoms with E-state index in [1.807, 2.05) is 45.9 Å². The number of rotatable bonds is 6. The van der Waals surface area contributed by atoms with Crippen LogP contribution in [0, 0.1) is 0 Å². The number of carbonyl (C=O) groups is 1. The van der Waals surface area contributed by atoms with E-state index >= 15 is 0 Å². The van der Waals surface area contributed by atoms with E-state index in [4.69, 9.17) is 11.6 Å². The molecule has 8 heteroatoms. The Balaban J connectivity index is 2.22. The van der Waals surface area contributed by atoms with Gasteiger partial charge in [-0.1, -0.05) is 44.5 Å². The van der Waals surface area contributed by atoms with Crippen LogP contribution >= 0.6 is 11.6 Å². The lowest BCUT2D eigenvalue weighted by atomic mass is 10.0. The first-order valence-corrected chi connectivity index (χ1v) is 10.7. The van der Waals surface area contributed by atoms with E-state index in [9.17, 15) is 14.4 Å². The molecular weight excluding hydrogens is 416 g/mol. The van der Waals surface area contributed by atoms with Gasteiger partial charge in [0.05, 0.1) is 17.0 Å². The molecule has 0 aliphatic rings. The molecule has 7 nitrogen and oxygen atoms in total. The summed E-state index contributed by atoms with van der Waals surface area (Å²) in [5.74, 6) is -0.315. The third-order valence-corrected chi connectivity index (χ3v) is 5.71. The molecule has 1 amide bonds. The molecule has 1 unspecified atom stereocenters. The Morgan fingerprint density at radius 2 is 1.94 bits per heavy atom. The first-order chi connectivity index (χ1) is 14.6. The minimum absolute atomic E-state index is 0.0103. The van der Waals surface area contributed by atoms with E-state index in [-0.39, 0.29) is 34.5 Å². The number of carbonyl (C=O) groups excluding carboxylic acids is 1. The number of nitrogens with zero attached hydrogens (tertiary/aromatic N) is 3. The lowest BCUT2D eigenvalue weighted by molar-refractivity contribution is 0.0744. The monoisotopic (exact) mass is 442 g/mol. The molecule has 3 rings (SSSR count). The van der Waals surface area contributed by atoms with Crippen molar-refractivity contribution in [3.63, 3.8) is 0 Å². The Labute approximate surface area is 185 Å². The van der Waals surface area contributed by atoms with Crippen molar-refractivity contribution < 1.29 is 4.79 Å². The van der Waals surface area contributed by atoms with Gasteiger partial charge in [0, 0.05) is 24.3 Å². The molecule has 0 saturated heterocycles. The summed E-state index contributed by atoms with van der Waals surface area (Å²) in [5, 5.41) is 0.717. The number of aromatic amines is 1. The van der Waals surface area contributed by atoms with Crippen LogP contribution in [0.5, 0.6) is 0 Å². The van der Waals surface area contributed by atoms with Crippen LogP contribution in [0.1, 0.15) is 67.7 Å². The van der Waals surface area contributed by atoms with Crippen LogP contribution in [0.25, 0.3) is 11.0 Å². The van der Waals surface area contributed by atoms with Crippen molar-refractivity contribution >= 4 is 28.5 Å². The van der Waals surface area contributed by atoms with Gasteiger partial charge in [-0.15, -0.1) is 0 Å². The quantitative estimate of drug-likeness (QED) is 0.622. The molecule has 0 saturated carbocycles. The van der Waals surface area contributed by atoms with Gasteiger partial charge in [0.25, 0.3) is 11.5 Å². The molecule has 31 heavy (non-hydrogen) atoms. The molecule has 3 aromatic rings. The second kappa shape index (κ2) is 9.06. The van der Waals surface area contributed by atoms with E-state index in [0.717, 1.165) is 5.56 Å². The van der Waals surface area contributed by atoms with Crippen molar-refractivity contribution in [2.45, 2.75) is 52.6 Å². The molecule has 0 radical (unpaired) electrons. The van der Waals surface area contributed by atoms with Crippen molar-refractivity contribution in [2.75, 3.05) is 7.05 Å². The van der Waals surface area contributed by atoms with E-state index in [0.29, 0.717) is 23.7 Å². The number of amides is 1. The summed E-state index contributed by atoms with van der Waals surface area (Å²) in [6, 6.07) is 8.70. The zero-order valence-electron chi connectivity index (χ0n) is 18.4. The number of halogens is 1. The fraction of sp³-hybridized carbons (Fsp3) is 0.391. The molecule has 1 aromatic carbocycles. The van der Waals surface area contributed by atoms with Crippen molar-refractivity contribution in [3.8, 4) is 0 Å². The first-order valence-electron chi connectivity index (χ1n) is 10.4. The Kier molecular flexibility index (Phi) is 6.65. The van der Waals surface area contributed by atoms with E-state index in [1.54, 1.807) is 24.1 Å². The lowest BCUT2D eigenvalue weighted by Gasteiger charge is -2.26. The lowest BCUT2D eigenvalue weighted by Crippen LogP contribution is -2.35. The van der Waals surface area contributed by atoms with E-state index in [1.165, 1.54) is 4.57 Å². The minimum atomic E-state index is -0.609. The number of nitrogens with one attached hydrogen (secondary N) is 1. The number of aryl methyl sites for hydroxylation is 1. The largest absolute Gasteiger partial charge is 0.335 e. The fourth-order valence-corrected chi connectivity index (χ4v) is 3.74. The highest BCUT2D eigenvalue weighted by molar-refractivity contribution is 6.30. The second-order valence-corrected chi connectivity index (χ2v) is 8.44. The van der Waals surface area contributed by atoms with Gasteiger partial charge in [-0.05, 0) is 43.0 Å². The summed E-state index contributed by atoms with van der Waals surface area (Å²) in [4.78, 5) is 47.3. The summed E-state index contributed by atoms with van der Waals surface area (Å²) >= 11 is 6.12. The fourth-order valence-electron chi connectivity index (χ4n) is 3.54. The molecule has 2 heterocycles. The highest BCUT2D eigenvalue weighted by Gasteiger charge is 2.25. The van der Waals surface area contributed by atoms with E-state index < -0.39 is 11.2 Å². The number of benzene rings is 1. The van der Waals surface area contributed by atoms with Crippen LogP contribution in [-0.4, -0.2) is 32.4 Å². The summed E-state index contributed by atoms with van der Waals surface area (Å²) < 4.78 is 1.43. The van der Waals surface area contributed by atoms with Crippen LogP contribution in [-0.2, 0) is 6.54 Å². The predicted molar refractivity (Wildman–Crippen MR) is 123 cm³/mol. The second-order valence-electron chi connectivity index (χ2n) is 8.01. The average molecular weight is 443 g/mol. The Bertz CT molecular complexity index is 1250. The summed E-state index contributed by atoms with van der Waals surface area (Å²) in [5.41, 5.74) is 0.872. The molecule has 1 atom stereocenters. The Morgan fingerprint density at radius 1 is 1.23 bits per heavy atom. The number of pyridine rings is 1. The number of hydrogen-bond acceptors (Lipinski definition) is 4. The zero-order chi connectivity index (χ0) is 22.9. The molecule has 0 aliphatic heterocycles. The normalized spacial score (nSPS) is 12.4. The van der Waals surface area contributed by atoms with Crippen LogP contribution in [0.15, 0.2) is 39.9 Å². The maximum Gasteiger partial charge on any atom is 0.329 e. The molecule has 1 N–H and O–H groups in total. The Hall–Kier alpha value is -2.93. The molecule has 0 aliphatic carbocycles. The summed E-state index contributed by atoms with van der Waals surface area (Å²) in [6.45, 7) is 8.13. The molecule has 0 spiro atoms. The molecule has 2 aromatic heterocycles. The SMILES string of the molecule is CCCn1c(=O)[nH]c(=O)c2c(C(=O)N(C)C(C)c3cccc(Cl)c3)cc(C(C)C)nc21. The van der Waals surface area contributed by atoms with Crippen LogP contribution in [0.2, 0.25) is 5.02 Å². The number of H-pyrrole nitrogens is 1. The standard InChI is InChI=1S/C23H27ClN4O3/c1-6-10-28-20-19(21(29)26-23(28)31)17(12-18(25-20)13(2)3)22(30)27(5)14(4)15-8-7-9-16(24)11-15/h7-9,11-14H,6,10H2,1-5H3,(H,26,29,31). The third-order valence-electron chi connectivity index (χ3n) is 5.47. The maximum absolute atomic E-state index is 13.6. The molecule has 0 fully saturated rings. The summed E-state index contributed by atoms with van der Waals surface area (Å²) in [7, 11) is 1.69. The van der Waals surface area contributed by atoms with Gasteiger partial charge in [-0.2, -0.15) is 0 Å². The van der Waals surface area contributed by atoms with Crippen molar-refractivity contribution in [2.24, 2.45) is 0 Å². The van der Waals surface area contributed by atoms with Gasteiger partial charge < -0.3 is 4.90 Å². The van der Waals surface area contributed by atoms with Crippen LogP contribution in [0.3, 0.4) is 0 Å². The van der Waals surface area contributed by atoms with Crippen molar-refractivity contribution in [1.29, 1.82) is 0 Å². The number of hydrogen-bond donors (Lipinski definition) is 1. The third kappa shape index (κ3) is 4.42. The van der Waals surface area contributed by atoms with Crippen molar-refractivity contribution in [3.05, 3.63) is 73.0 Å². The highest BCUT2D eigenvalue weighted by Crippen LogP contribution is 2.26. The topological polar surface area (TPSA) is 88.1 Å². The zero-order valence-corrected chi connectivity index (χ0v) is 19.2. The minimum Gasteiger partial charge on any atom is -0.335 e. The van der Waals surface area contributed by atoms with Gasteiger partial charge >= 0.3 is 5.69 Å². The van der Waals surface area contributed by atoms with Crippen molar-refractivity contribution in [1.82, 2.24) is 19.4 Å². The molecule has 0 bridgehead atoms. The number of fused-ring (bicyclic) bond motifs is 1. The predicted octanol–water partition coefficient (Wildman–Crippen LogP) is 4.10. The van der Waals surface area contributed by atoms with Gasteiger partial charge in [0.2, 0.25) is 0 Å². The van der Waals surface area contributed by atoms with Gasteiger partial charge in [-0.3, -0.25) is 19.1 Å². The number of aromatic nitrogens is 3. The maximum atomic E-state index is 13.6. The smallest absolute Gasteiger partial charge is 0.329 e. The van der Waals surface area contributed by atoms with Gasteiger partial charge in [0.15, 0.2) is 5.65 Å². The van der Waals surface area contributed by atoms with Crippen LogP contribution in [0.4, 0.5) is 0 Å². The van der Waals surface area contributed by atoms with Gasteiger partial charge in [-0.25, -0.2) is 9.78 Å².